The third-order valence-corrected chi connectivity index (χ3v) is 3.37. The van der Waals surface area contributed by atoms with Gasteiger partial charge < -0.3 is 5.11 Å². The Balaban J connectivity index is 2.97. The van der Waals surface area contributed by atoms with Gasteiger partial charge in [-0.05, 0) is 23.1 Å². The van der Waals surface area contributed by atoms with E-state index in [4.69, 9.17) is 5.26 Å². The van der Waals surface area contributed by atoms with Crippen LogP contribution in [0.1, 0.15) is 15.9 Å². The Kier molecular flexibility index (Phi) is 3.03. The molecule has 0 unspecified atom stereocenters. The van der Waals surface area contributed by atoms with Gasteiger partial charge in [0, 0.05) is 4.90 Å². The number of nitrogens with zero attached hydrogens (tertiary/aromatic N) is 1. The highest BCUT2D eigenvalue weighted by molar-refractivity contribution is 7.98. The first kappa shape index (κ1) is 11.5. The van der Waals surface area contributed by atoms with Crippen LogP contribution in [-0.4, -0.2) is 17.3 Å². The van der Waals surface area contributed by atoms with Crippen molar-refractivity contribution in [2.24, 2.45) is 0 Å². The van der Waals surface area contributed by atoms with Crippen molar-refractivity contribution in [2.45, 2.75) is 4.90 Å². The summed E-state index contributed by atoms with van der Waals surface area (Å²) < 4.78 is 0. The van der Waals surface area contributed by atoms with E-state index in [-0.39, 0.29) is 5.56 Å². The topological polar surface area (TPSA) is 61.1 Å². The highest BCUT2D eigenvalue weighted by Crippen LogP contribution is 2.31. The fraction of sp³-hybridized carbons (Fsp3) is 0.0769. The molecule has 0 fully saturated rings. The van der Waals surface area contributed by atoms with Gasteiger partial charge in [0.25, 0.3) is 0 Å². The summed E-state index contributed by atoms with van der Waals surface area (Å²) in [5.74, 6) is -0.998. The molecule has 2 rings (SSSR count). The molecule has 0 atom stereocenters. The Morgan fingerprint density at radius 3 is 2.71 bits per heavy atom. The fourth-order valence-electron chi connectivity index (χ4n) is 1.84. The van der Waals surface area contributed by atoms with Crippen molar-refractivity contribution in [1.29, 1.82) is 5.26 Å². The average Bonchev–Trinajstić information content (AvgIpc) is 2.35. The van der Waals surface area contributed by atoms with Gasteiger partial charge in [0.05, 0.1) is 11.1 Å². The zero-order chi connectivity index (χ0) is 12.4. The monoisotopic (exact) mass is 243 g/mol. The standard InChI is InChI=1S/C13H9NO2S/c1-17-12-9(7-14)6-8-4-2-3-5-10(8)11(12)13(15)16/h2-6H,1H3,(H,15,16). The highest BCUT2D eigenvalue weighted by atomic mass is 32.2. The minimum absolute atomic E-state index is 0.215. The summed E-state index contributed by atoms with van der Waals surface area (Å²) in [7, 11) is 0. The largest absolute Gasteiger partial charge is 0.478 e. The van der Waals surface area contributed by atoms with Crippen molar-refractivity contribution in [3.8, 4) is 6.07 Å². The van der Waals surface area contributed by atoms with E-state index >= 15 is 0 Å². The van der Waals surface area contributed by atoms with Crippen molar-refractivity contribution >= 4 is 28.5 Å². The first-order valence-electron chi connectivity index (χ1n) is 4.92. The number of nitriles is 1. The van der Waals surface area contributed by atoms with Crippen LogP contribution in [0.4, 0.5) is 0 Å². The number of thioether (sulfide) groups is 1. The Labute approximate surface area is 103 Å². The lowest BCUT2D eigenvalue weighted by molar-refractivity contribution is 0.0695. The number of hydrogen-bond acceptors (Lipinski definition) is 3. The van der Waals surface area contributed by atoms with Crippen molar-refractivity contribution in [3.63, 3.8) is 0 Å². The van der Waals surface area contributed by atoms with Crippen LogP contribution in [-0.2, 0) is 0 Å². The molecule has 84 valence electrons. The van der Waals surface area contributed by atoms with Crippen molar-refractivity contribution in [2.75, 3.05) is 6.26 Å². The van der Waals surface area contributed by atoms with Crippen molar-refractivity contribution < 1.29 is 9.90 Å². The number of benzene rings is 2. The third-order valence-electron chi connectivity index (χ3n) is 2.54. The lowest BCUT2D eigenvalue weighted by Gasteiger charge is -2.09. The fourth-order valence-corrected chi connectivity index (χ4v) is 2.56. The predicted octanol–water partition coefficient (Wildman–Crippen LogP) is 3.13. The first-order valence-corrected chi connectivity index (χ1v) is 6.14. The molecule has 4 heteroatoms. The molecule has 0 spiro atoms. The number of aromatic carboxylic acids is 1. The van der Waals surface area contributed by atoms with Crippen molar-refractivity contribution in [1.82, 2.24) is 0 Å². The smallest absolute Gasteiger partial charge is 0.337 e. The van der Waals surface area contributed by atoms with Crippen LogP contribution in [0.3, 0.4) is 0 Å². The zero-order valence-electron chi connectivity index (χ0n) is 9.10. The van der Waals surface area contributed by atoms with Gasteiger partial charge in [0.1, 0.15) is 6.07 Å². The Hall–Kier alpha value is -1.99. The summed E-state index contributed by atoms with van der Waals surface area (Å²) >= 11 is 1.29. The van der Waals surface area contributed by atoms with Gasteiger partial charge in [-0.25, -0.2) is 4.79 Å². The maximum absolute atomic E-state index is 11.3. The summed E-state index contributed by atoms with van der Waals surface area (Å²) in [6.07, 6.45) is 1.78. The Morgan fingerprint density at radius 1 is 1.41 bits per heavy atom. The quantitative estimate of drug-likeness (QED) is 0.823. The van der Waals surface area contributed by atoms with Gasteiger partial charge in [-0.3, -0.25) is 0 Å². The minimum atomic E-state index is -0.998. The lowest BCUT2D eigenvalue weighted by Crippen LogP contribution is -2.02. The second-order valence-corrected chi connectivity index (χ2v) is 4.29. The normalized spacial score (nSPS) is 10.1. The van der Waals surface area contributed by atoms with Crippen LogP contribution >= 0.6 is 11.8 Å². The molecule has 0 aromatic heterocycles. The van der Waals surface area contributed by atoms with Crippen LogP contribution in [0.5, 0.6) is 0 Å². The summed E-state index contributed by atoms with van der Waals surface area (Å²) in [5, 5.41) is 19.8. The van der Waals surface area contributed by atoms with Gasteiger partial charge in [-0.15, -0.1) is 11.8 Å². The highest BCUT2D eigenvalue weighted by Gasteiger charge is 2.17. The number of fused-ring (bicyclic) bond motifs is 1. The second-order valence-electron chi connectivity index (χ2n) is 3.47. The summed E-state index contributed by atoms with van der Waals surface area (Å²) in [5.41, 5.74) is 0.626. The SMILES string of the molecule is CSc1c(C#N)cc2ccccc2c1C(=O)O. The molecule has 2 aromatic rings. The van der Waals surface area contributed by atoms with E-state index in [9.17, 15) is 9.90 Å². The number of carboxylic acid groups (broad SMARTS) is 1. The predicted molar refractivity (Wildman–Crippen MR) is 67.4 cm³/mol. The minimum Gasteiger partial charge on any atom is -0.478 e. The molecule has 0 aliphatic rings. The van der Waals surface area contributed by atoms with Crippen LogP contribution in [0.15, 0.2) is 35.2 Å². The van der Waals surface area contributed by atoms with E-state index in [2.05, 4.69) is 0 Å². The van der Waals surface area contributed by atoms with Gasteiger partial charge in [-0.2, -0.15) is 5.26 Å². The number of carboxylic acids is 1. The number of rotatable bonds is 2. The summed E-state index contributed by atoms with van der Waals surface area (Å²) in [6, 6.07) is 11.0. The van der Waals surface area contributed by atoms with E-state index in [0.717, 1.165) is 5.39 Å². The first-order chi connectivity index (χ1) is 8.19. The molecule has 1 N–H and O–H groups in total. The summed E-state index contributed by atoms with van der Waals surface area (Å²) in [4.78, 5) is 11.9. The van der Waals surface area contributed by atoms with E-state index in [1.165, 1.54) is 11.8 Å². The number of carbonyl (C=O) groups is 1. The van der Waals surface area contributed by atoms with Gasteiger partial charge in [0.2, 0.25) is 0 Å². The molecule has 0 amide bonds. The molecular formula is C13H9NO2S. The average molecular weight is 243 g/mol. The molecule has 17 heavy (non-hydrogen) atoms. The molecule has 2 aromatic carbocycles. The second kappa shape index (κ2) is 4.48. The van der Waals surface area contributed by atoms with Crippen LogP contribution in [0.2, 0.25) is 0 Å². The van der Waals surface area contributed by atoms with E-state index in [1.54, 1.807) is 24.5 Å². The van der Waals surface area contributed by atoms with Crippen LogP contribution in [0, 0.1) is 11.3 Å². The van der Waals surface area contributed by atoms with Gasteiger partial charge in [-0.1, -0.05) is 24.3 Å². The Bertz CT molecular complexity index is 644. The van der Waals surface area contributed by atoms with E-state index in [1.807, 2.05) is 18.2 Å². The Morgan fingerprint density at radius 2 is 2.12 bits per heavy atom. The third kappa shape index (κ3) is 1.85. The molecule has 0 saturated heterocycles. The molecule has 0 aliphatic carbocycles. The van der Waals surface area contributed by atoms with Crippen molar-refractivity contribution in [3.05, 3.63) is 41.5 Å². The van der Waals surface area contributed by atoms with Gasteiger partial charge in [0.15, 0.2) is 0 Å². The maximum atomic E-state index is 11.3. The van der Waals surface area contributed by atoms with E-state index in [0.29, 0.717) is 15.8 Å². The molecule has 3 nitrogen and oxygen atoms in total. The van der Waals surface area contributed by atoms with Crippen LogP contribution < -0.4 is 0 Å². The molecule has 0 heterocycles. The molecule has 0 radical (unpaired) electrons. The summed E-state index contributed by atoms with van der Waals surface area (Å²) in [6.45, 7) is 0. The lowest BCUT2D eigenvalue weighted by atomic mass is 10.0. The zero-order valence-corrected chi connectivity index (χ0v) is 9.91. The molecule has 0 saturated carbocycles. The maximum Gasteiger partial charge on any atom is 0.337 e. The molecule has 0 bridgehead atoms. The number of hydrogen-bond donors (Lipinski definition) is 1. The van der Waals surface area contributed by atoms with Gasteiger partial charge >= 0.3 is 5.97 Å². The van der Waals surface area contributed by atoms with E-state index < -0.39 is 5.97 Å². The molecule has 0 aliphatic heterocycles. The van der Waals surface area contributed by atoms with Crippen LogP contribution in [0.25, 0.3) is 10.8 Å². The molecular weight excluding hydrogens is 234 g/mol.